The van der Waals surface area contributed by atoms with Crippen LogP contribution in [-0.4, -0.2) is 29.3 Å². The average Bonchev–Trinajstić information content (AvgIpc) is 2.77. The molecule has 4 nitrogen and oxygen atoms in total. The zero-order valence-corrected chi connectivity index (χ0v) is 11.1. The first kappa shape index (κ1) is 12.0. The highest BCUT2D eigenvalue weighted by molar-refractivity contribution is 6.31. The molecule has 0 saturated carbocycles. The van der Waals surface area contributed by atoms with E-state index in [1.807, 2.05) is 18.2 Å². The monoisotopic (exact) mass is 265 g/mol. The average molecular weight is 266 g/mol. The normalized spacial score (nSPS) is 20.4. The Morgan fingerprint density at radius 2 is 2.44 bits per heavy atom. The van der Waals surface area contributed by atoms with Crippen LogP contribution in [0.4, 0.5) is 0 Å². The van der Waals surface area contributed by atoms with Crippen LogP contribution in [0.15, 0.2) is 18.2 Å². The molecule has 1 aromatic carbocycles. The number of nitrogens with one attached hydrogen (secondary N) is 1. The smallest absolute Gasteiger partial charge is 0.129 e. The molecule has 2 aromatic rings. The van der Waals surface area contributed by atoms with Gasteiger partial charge in [0.1, 0.15) is 5.82 Å². The number of aryl methyl sites for hydroxylation is 1. The summed E-state index contributed by atoms with van der Waals surface area (Å²) in [6.07, 6.45) is 0. The molecular formula is C13H16ClN3O. The molecule has 0 bridgehead atoms. The first-order valence-electron chi connectivity index (χ1n) is 6.26. The standard InChI is InChI=1S/C13H16ClN3O/c1-2-17-12-7-9(14)3-4-10(12)16-13(17)11-8-18-6-5-15-11/h3-4,7,11,15H,2,5-6,8H2,1H3. The second kappa shape index (κ2) is 4.88. The second-order valence-corrected chi connectivity index (χ2v) is 4.87. The fraction of sp³-hybridized carbons (Fsp3) is 0.462. The van der Waals surface area contributed by atoms with Gasteiger partial charge in [-0.2, -0.15) is 0 Å². The van der Waals surface area contributed by atoms with Crippen LogP contribution in [0.2, 0.25) is 5.02 Å². The number of hydrogen-bond donors (Lipinski definition) is 1. The number of halogens is 1. The zero-order chi connectivity index (χ0) is 12.5. The first-order chi connectivity index (χ1) is 8.79. The molecule has 1 unspecified atom stereocenters. The van der Waals surface area contributed by atoms with E-state index in [1.54, 1.807) is 0 Å². The summed E-state index contributed by atoms with van der Waals surface area (Å²) in [7, 11) is 0. The molecule has 18 heavy (non-hydrogen) atoms. The zero-order valence-electron chi connectivity index (χ0n) is 10.3. The molecule has 1 saturated heterocycles. The van der Waals surface area contributed by atoms with Crippen molar-refractivity contribution < 1.29 is 4.74 Å². The van der Waals surface area contributed by atoms with Crippen LogP contribution in [0.1, 0.15) is 18.8 Å². The summed E-state index contributed by atoms with van der Waals surface area (Å²) in [4.78, 5) is 4.71. The molecule has 1 aromatic heterocycles. The van der Waals surface area contributed by atoms with Gasteiger partial charge < -0.3 is 14.6 Å². The van der Waals surface area contributed by atoms with Crippen molar-refractivity contribution in [2.45, 2.75) is 19.5 Å². The number of morpholine rings is 1. The van der Waals surface area contributed by atoms with Crippen LogP contribution in [0.3, 0.4) is 0 Å². The van der Waals surface area contributed by atoms with E-state index in [1.165, 1.54) is 0 Å². The van der Waals surface area contributed by atoms with Crippen LogP contribution in [0.25, 0.3) is 11.0 Å². The number of hydrogen-bond acceptors (Lipinski definition) is 3. The molecule has 0 aliphatic carbocycles. The Balaban J connectivity index is 2.10. The van der Waals surface area contributed by atoms with Gasteiger partial charge in [-0.1, -0.05) is 11.6 Å². The van der Waals surface area contributed by atoms with E-state index < -0.39 is 0 Å². The second-order valence-electron chi connectivity index (χ2n) is 4.43. The van der Waals surface area contributed by atoms with Crippen molar-refractivity contribution in [1.82, 2.24) is 14.9 Å². The van der Waals surface area contributed by atoms with E-state index >= 15 is 0 Å². The van der Waals surface area contributed by atoms with E-state index in [0.717, 1.165) is 41.6 Å². The molecule has 2 heterocycles. The van der Waals surface area contributed by atoms with Gasteiger partial charge in [0.2, 0.25) is 0 Å². The van der Waals surface area contributed by atoms with Crippen LogP contribution in [-0.2, 0) is 11.3 Å². The number of benzene rings is 1. The van der Waals surface area contributed by atoms with Crippen LogP contribution >= 0.6 is 11.6 Å². The maximum absolute atomic E-state index is 6.06. The van der Waals surface area contributed by atoms with Gasteiger partial charge in [-0.05, 0) is 25.1 Å². The maximum Gasteiger partial charge on any atom is 0.129 e. The number of rotatable bonds is 2. The van der Waals surface area contributed by atoms with Crippen molar-refractivity contribution in [3.63, 3.8) is 0 Å². The summed E-state index contributed by atoms with van der Waals surface area (Å²) in [5.41, 5.74) is 2.08. The Hall–Kier alpha value is -1.10. The summed E-state index contributed by atoms with van der Waals surface area (Å²) in [6, 6.07) is 5.99. The minimum absolute atomic E-state index is 0.171. The molecule has 0 spiro atoms. The van der Waals surface area contributed by atoms with E-state index in [0.29, 0.717) is 6.61 Å². The molecule has 1 aliphatic heterocycles. The van der Waals surface area contributed by atoms with Crippen molar-refractivity contribution in [3.8, 4) is 0 Å². The maximum atomic E-state index is 6.06. The molecule has 1 atom stereocenters. The molecule has 0 radical (unpaired) electrons. The highest BCUT2D eigenvalue weighted by atomic mass is 35.5. The van der Waals surface area contributed by atoms with Crippen molar-refractivity contribution in [3.05, 3.63) is 29.0 Å². The Kier molecular flexibility index (Phi) is 3.24. The highest BCUT2D eigenvalue weighted by Gasteiger charge is 2.21. The minimum atomic E-state index is 0.171. The predicted octanol–water partition coefficient (Wildman–Crippen LogP) is 2.37. The molecule has 96 valence electrons. The predicted molar refractivity (Wildman–Crippen MR) is 72.0 cm³/mol. The summed E-state index contributed by atoms with van der Waals surface area (Å²) in [6.45, 7) is 5.32. The summed E-state index contributed by atoms with van der Waals surface area (Å²) >= 11 is 6.06. The van der Waals surface area contributed by atoms with Gasteiger partial charge in [-0.25, -0.2) is 4.98 Å². The lowest BCUT2D eigenvalue weighted by molar-refractivity contribution is 0.0733. The van der Waals surface area contributed by atoms with Gasteiger partial charge >= 0.3 is 0 Å². The van der Waals surface area contributed by atoms with E-state index in [4.69, 9.17) is 21.3 Å². The Morgan fingerprint density at radius 3 is 3.17 bits per heavy atom. The molecule has 0 amide bonds. The number of nitrogens with zero attached hydrogens (tertiary/aromatic N) is 2. The molecule has 1 fully saturated rings. The lowest BCUT2D eigenvalue weighted by Gasteiger charge is -2.23. The molecule has 3 rings (SSSR count). The lowest BCUT2D eigenvalue weighted by Crippen LogP contribution is -2.36. The number of imidazole rings is 1. The van der Waals surface area contributed by atoms with Gasteiger partial charge in [-0.3, -0.25) is 0 Å². The fourth-order valence-corrected chi connectivity index (χ4v) is 2.61. The number of fused-ring (bicyclic) bond motifs is 1. The van der Waals surface area contributed by atoms with Gasteiger partial charge in [0, 0.05) is 18.1 Å². The number of aromatic nitrogens is 2. The van der Waals surface area contributed by atoms with Crippen molar-refractivity contribution in [2.75, 3.05) is 19.8 Å². The van der Waals surface area contributed by atoms with Gasteiger partial charge in [0.15, 0.2) is 0 Å². The van der Waals surface area contributed by atoms with Gasteiger partial charge in [0.25, 0.3) is 0 Å². The summed E-state index contributed by atoms with van der Waals surface area (Å²) in [5, 5.41) is 4.19. The third-order valence-electron chi connectivity index (χ3n) is 3.29. The van der Waals surface area contributed by atoms with Gasteiger partial charge in [0.05, 0.1) is 30.3 Å². The fourth-order valence-electron chi connectivity index (χ4n) is 2.44. The third-order valence-corrected chi connectivity index (χ3v) is 3.52. The first-order valence-corrected chi connectivity index (χ1v) is 6.64. The molecule has 1 N–H and O–H groups in total. The largest absolute Gasteiger partial charge is 0.378 e. The van der Waals surface area contributed by atoms with E-state index in [-0.39, 0.29) is 6.04 Å². The third kappa shape index (κ3) is 2.00. The SMILES string of the molecule is CCn1c(C2COCCN2)nc2ccc(Cl)cc21. The van der Waals surface area contributed by atoms with Crippen molar-refractivity contribution in [2.24, 2.45) is 0 Å². The topological polar surface area (TPSA) is 39.1 Å². The van der Waals surface area contributed by atoms with E-state index in [9.17, 15) is 0 Å². The lowest BCUT2D eigenvalue weighted by atomic mass is 10.2. The van der Waals surface area contributed by atoms with Gasteiger partial charge in [-0.15, -0.1) is 0 Å². The number of ether oxygens (including phenoxy) is 1. The van der Waals surface area contributed by atoms with Crippen LogP contribution < -0.4 is 5.32 Å². The Labute approximate surface area is 111 Å². The van der Waals surface area contributed by atoms with Crippen LogP contribution in [0.5, 0.6) is 0 Å². The summed E-state index contributed by atoms with van der Waals surface area (Å²) in [5.74, 6) is 1.04. The highest BCUT2D eigenvalue weighted by Crippen LogP contribution is 2.24. The Morgan fingerprint density at radius 1 is 1.56 bits per heavy atom. The molecule has 5 heteroatoms. The van der Waals surface area contributed by atoms with Crippen molar-refractivity contribution >= 4 is 22.6 Å². The molecular weight excluding hydrogens is 250 g/mol. The van der Waals surface area contributed by atoms with Crippen LogP contribution in [0, 0.1) is 0 Å². The summed E-state index contributed by atoms with van der Waals surface area (Å²) < 4.78 is 7.72. The minimum Gasteiger partial charge on any atom is -0.378 e. The van der Waals surface area contributed by atoms with E-state index in [2.05, 4.69) is 16.8 Å². The Bertz CT molecular complexity index is 561. The van der Waals surface area contributed by atoms with Crippen molar-refractivity contribution in [1.29, 1.82) is 0 Å². The molecule has 1 aliphatic rings. The quantitative estimate of drug-likeness (QED) is 0.906.